The van der Waals surface area contributed by atoms with Crippen molar-refractivity contribution in [1.29, 1.82) is 0 Å². The molecule has 0 unspecified atom stereocenters. The molecule has 0 bridgehead atoms. The zero-order chi connectivity index (χ0) is 17.4. The Balaban J connectivity index is 1.85. The van der Waals surface area contributed by atoms with Crippen molar-refractivity contribution in [2.24, 2.45) is 0 Å². The van der Waals surface area contributed by atoms with Crippen molar-refractivity contribution in [3.05, 3.63) is 59.7 Å². The maximum atomic E-state index is 12.1. The monoisotopic (exact) mass is 342 g/mol. The van der Waals surface area contributed by atoms with E-state index in [1.54, 1.807) is 12.1 Å². The number of ether oxygens (including phenoxy) is 1. The van der Waals surface area contributed by atoms with Crippen LogP contribution in [0.2, 0.25) is 0 Å². The zero-order valence-corrected chi connectivity index (χ0v) is 14.8. The highest BCUT2D eigenvalue weighted by atomic mass is 32.1. The molecular weight excluding hydrogens is 320 g/mol. The van der Waals surface area contributed by atoms with Crippen LogP contribution in [-0.4, -0.2) is 17.6 Å². The fourth-order valence-corrected chi connectivity index (χ4v) is 2.22. The third-order valence-electron chi connectivity index (χ3n) is 3.42. The Morgan fingerprint density at radius 2 is 1.75 bits per heavy atom. The molecular formula is C19H22N2O2S. The zero-order valence-electron chi connectivity index (χ0n) is 14.0. The summed E-state index contributed by atoms with van der Waals surface area (Å²) in [6.45, 7) is 4.82. The molecule has 2 rings (SSSR count). The predicted octanol–water partition coefficient (Wildman–Crippen LogP) is 4.30. The van der Waals surface area contributed by atoms with E-state index in [-0.39, 0.29) is 11.0 Å². The van der Waals surface area contributed by atoms with Gasteiger partial charge in [0.15, 0.2) is 5.11 Å². The number of hydrogen-bond donors (Lipinski definition) is 2. The normalized spacial score (nSPS) is 10.1. The Hall–Kier alpha value is -2.40. The van der Waals surface area contributed by atoms with Crippen molar-refractivity contribution in [2.45, 2.75) is 26.7 Å². The van der Waals surface area contributed by atoms with Crippen LogP contribution >= 0.6 is 12.2 Å². The van der Waals surface area contributed by atoms with Crippen molar-refractivity contribution in [2.75, 3.05) is 11.9 Å². The van der Waals surface area contributed by atoms with E-state index < -0.39 is 0 Å². The van der Waals surface area contributed by atoms with Gasteiger partial charge in [0.2, 0.25) is 0 Å². The quantitative estimate of drug-likeness (QED) is 0.607. The summed E-state index contributed by atoms with van der Waals surface area (Å²) in [6.07, 6.45) is 2.14. The molecule has 2 aromatic rings. The van der Waals surface area contributed by atoms with Gasteiger partial charge in [-0.2, -0.15) is 0 Å². The van der Waals surface area contributed by atoms with Crippen LogP contribution in [0, 0.1) is 6.92 Å². The molecule has 0 spiro atoms. The minimum Gasteiger partial charge on any atom is -0.494 e. The number of unbranched alkanes of at least 4 members (excludes halogenated alkanes) is 1. The van der Waals surface area contributed by atoms with Gasteiger partial charge in [-0.1, -0.05) is 31.0 Å². The number of carbonyl (C=O) groups excluding carboxylic acids is 1. The van der Waals surface area contributed by atoms with Crippen LogP contribution in [0.3, 0.4) is 0 Å². The van der Waals surface area contributed by atoms with Crippen LogP contribution in [0.15, 0.2) is 48.5 Å². The third-order valence-corrected chi connectivity index (χ3v) is 3.62. The summed E-state index contributed by atoms with van der Waals surface area (Å²) < 4.78 is 5.61. The van der Waals surface area contributed by atoms with Gasteiger partial charge < -0.3 is 10.1 Å². The van der Waals surface area contributed by atoms with Crippen molar-refractivity contribution < 1.29 is 9.53 Å². The van der Waals surface area contributed by atoms with Crippen LogP contribution in [0.25, 0.3) is 0 Å². The lowest BCUT2D eigenvalue weighted by Crippen LogP contribution is -2.34. The molecule has 0 aliphatic carbocycles. The summed E-state index contributed by atoms with van der Waals surface area (Å²) in [5, 5.41) is 5.93. The van der Waals surface area contributed by atoms with Crippen LogP contribution in [-0.2, 0) is 0 Å². The number of anilines is 1. The number of nitrogens with one attached hydrogen (secondary N) is 2. The first kappa shape index (κ1) is 17.9. The number of thiocarbonyl (C=S) groups is 1. The lowest BCUT2D eigenvalue weighted by molar-refractivity contribution is 0.0977. The number of carbonyl (C=O) groups is 1. The van der Waals surface area contributed by atoms with Gasteiger partial charge in [-0.3, -0.25) is 10.1 Å². The van der Waals surface area contributed by atoms with E-state index in [4.69, 9.17) is 17.0 Å². The van der Waals surface area contributed by atoms with Gasteiger partial charge in [-0.05, 0) is 62.0 Å². The number of amides is 1. The molecule has 0 heterocycles. The molecule has 0 saturated carbocycles. The Bertz CT molecular complexity index is 682. The topological polar surface area (TPSA) is 50.4 Å². The van der Waals surface area contributed by atoms with Crippen molar-refractivity contribution in [3.8, 4) is 5.75 Å². The molecule has 0 aliphatic rings. The fourth-order valence-electron chi connectivity index (χ4n) is 2.01. The first-order valence-corrected chi connectivity index (χ1v) is 8.41. The van der Waals surface area contributed by atoms with Gasteiger partial charge in [-0.15, -0.1) is 0 Å². The van der Waals surface area contributed by atoms with Gasteiger partial charge in [0, 0.05) is 11.3 Å². The fraction of sp³-hybridized carbons (Fsp3) is 0.263. The average Bonchev–Trinajstić information content (AvgIpc) is 2.57. The molecule has 0 fully saturated rings. The van der Waals surface area contributed by atoms with Crippen LogP contribution < -0.4 is 15.4 Å². The molecule has 5 heteroatoms. The highest BCUT2D eigenvalue weighted by Crippen LogP contribution is 2.16. The third kappa shape index (κ3) is 5.66. The lowest BCUT2D eigenvalue weighted by Gasteiger charge is -2.11. The molecule has 4 nitrogen and oxygen atoms in total. The summed E-state index contributed by atoms with van der Waals surface area (Å²) in [6, 6.07) is 14.8. The molecule has 0 saturated heterocycles. The van der Waals surface area contributed by atoms with Crippen molar-refractivity contribution >= 4 is 28.9 Å². The number of benzene rings is 2. The van der Waals surface area contributed by atoms with Crippen LogP contribution in [0.1, 0.15) is 35.7 Å². The van der Waals surface area contributed by atoms with Crippen molar-refractivity contribution in [1.82, 2.24) is 5.32 Å². The Kier molecular flexibility index (Phi) is 6.75. The predicted molar refractivity (Wildman–Crippen MR) is 102 cm³/mol. The first-order chi connectivity index (χ1) is 11.6. The molecule has 1 amide bonds. The maximum absolute atomic E-state index is 12.1. The van der Waals surface area contributed by atoms with Crippen LogP contribution in [0.4, 0.5) is 5.69 Å². The highest BCUT2D eigenvalue weighted by molar-refractivity contribution is 7.80. The molecule has 0 aromatic heterocycles. The van der Waals surface area contributed by atoms with Crippen molar-refractivity contribution in [3.63, 3.8) is 0 Å². The van der Waals surface area contributed by atoms with E-state index in [0.29, 0.717) is 12.2 Å². The SMILES string of the molecule is CCCCOc1ccc(NC(=S)NC(=O)c2ccc(C)cc2)cc1. The summed E-state index contributed by atoms with van der Waals surface area (Å²) >= 11 is 5.18. The van der Waals surface area contributed by atoms with E-state index in [1.807, 2.05) is 43.3 Å². The molecule has 2 aromatic carbocycles. The maximum Gasteiger partial charge on any atom is 0.257 e. The minimum absolute atomic E-state index is 0.230. The largest absolute Gasteiger partial charge is 0.494 e. The van der Waals surface area contributed by atoms with Gasteiger partial charge in [0.25, 0.3) is 5.91 Å². The Morgan fingerprint density at radius 1 is 1.08 bits per heavy atom. The molecule has 24 heavy (non-hydrogen) atoms. The van der Waals surface area contributed by atoms with Gasteiger partial charge in [-0.25, -0.2) is 0 Å². The minimum atomic E-state index is -0.230. The number of hydrogen-bond acceptors (Lipinski definition) is 3. The first-order valence-electron chi connectivity index (χ1n) is 8.00. The molecule has 0 radical (unpaired) electrons. The molecule has 0 atom stereocenters. The van der Waals surface area contributed by atoms with E-state index in [0.717, 1.165) is 29.8 Å². The average molecular weight is 342 g/mol. The summed E-state index contributed by atoms with van der Waals surface area (Å²) in [7, 11) is 0. The Morgan fingerprint density at radius 3 is 2.38 bits per heavy atom. The summed E-state index contributed by atoms with van der Waals surface area (Å²) in [5.41, 5.74) is 2.48. The Labute approximate surface area is 148 Å². The second-order valence-electron chi connectivity index (χ2n) is 5.50. The van der Waals surface area contributed by atoms with E-state index >= 15 is 0 Å². The van der Waals surface area contributed by atoms with Gasteiger partial charge in [0.1, 0.15) is 5.75 Å². The highest BCUT2D eigenvalue weighted by Gasteiger charge is 2.07. The number of aryl methyl sites for hydroxylation is 1. The summed E-state index contributed by atoms with van der Waals surface area (Å²) in [5.74, 6) is 0.593. The second kappa shape index (κ2) is 9.03. The second-order valence-corrected chi connectivity index (χ2v) is 5.91. The standard InChI is InChI=1S/C19H22N2O2S/c1-3-4-13-23-17-11-9-16(10-12-17)20-19(24)21-18(22)15-7-5-14(2)6-8-15/h5-12H,3-4,13H2,1-2H3,(H2,20,21,22,24). The van der Waals surface area contributed by atoms with E-state index in [1.165, 1.54) is 0 Å². The lowest BCUT2D eigenvalue weighted by atomic mass is 10.1. The van der Waals surface area contributed by atoms with E-state index in [9.17, 15) is 4.79 Å². The van der Waals surface area contributed by atoms with Crippen LogP contribution in [0.5, 0.6) is 5.75 Å². The molecule has 126 valence electrons. The smallest absolute Gasteiger partial charge is 0.257 e. The molecule has 2 N–H and O–H groups in total. The van der Waals surface area contributed by atoms with Gasteiger partial charge >= 0.3 is 0 Å². The summed E-state index contributed by atoms with van der Waals surface area (Å²) in [4.78, 5) is 12.1. The molecule has 0 aliphatic heterocycles. The van der Waals surface area contributed by atoms with Gasteiger partial charge in [0.05, 0.1) is 6.61 Å². The van der Waals surface area contributed by atoms with E-state index in [2.05, 4.69) is 17.6 Å². The number of rotatable bonds is 6.